The van der Waals surface area contributed by atoms with Crippen LogP contribution in [0.25, 0.3) is 0 Å². The van der Waals surface area contributed by atoms with Crippen molar-refractivity contribution < 1.29 is 9.47 Å². The molecule has 2 aliphatic rings. The minimum absolute atomic E-state index is 0.0274. The summed E-state index contributed by atoms with van der Waals surface area (Å²) in [5.41, 5.74) is 1.38. The van der Waals surface area contributed by atoms with E-state index in [2.05, 4.69) is 24.3 Å². The molecule has 2 nitrogen and oxygen atoms in total. The molecule has 1 aliphatic carbocycles. The van der Waals surface area contributed by atoms with E-state index >= 15 is 0 Å². The highest BCUT2D eigenvalue weighted by Crippen LogP contribution is 2.47. The molecule has 2 heteroatoms. The zero-order valence-electron chi connectivity index (χ0n) is 8.11. The van der Waals surface area contributed by atoms with Crippen molar-refractivity contribution in [3.63, 3.8) is 0 Å². The van der Waals surface area contributed by atoms with E-state index in [-0.39, 0.29) is 5.60 Å². The molecule has 2 atom stereocenters. The van der Waals surface area contributed by atoms with Crippen LogP contribution in [0.1, 0.15) is 12.0 Å². The number of hydrogen-bond donors (Lipinski definition) is 0. The normalized spacial score (nSPS) is 35.0. The first-order valence-electron chi connectivity index (χ1n) is 5.19. The van der Waals surface area contributed by atoms with Gasteiger partial charge in [-0.1, -0.05) is 30.3 Å². The average Bonchev–Trinajstić information content (AvgIpc) is 2.93. The second-order valence-electron chi connectivity index (χ2n) is 4.14. The fourth-order valence-electron chi connectivity index (χ4n) is 2.23. The summed E-state index contributed by atoms with van der Waals surface area (Å²) < 4.78 is 11.4. The van der Waals surface area contributed by atoms with Crippen molar-refractivity contribution in [3.05, 3.63) is 35.9 Å². The molecule has 1 aromatic rings. The van der Waals surface area contributed by atoms with E-state index in [1.807, 2.05) is 6.07 Å². The highest BCUT2D eigenvalue weighted by molar-refractivity contribution is 5.22. The van der Waals surface area contributed by atoms with Crippen LogP contribution in [0.3, 0.4) is 0 Å². The van der Waals surface area contributed by atoms with Crippen LogP contribution in [0.15, 0.2) is 30.3 Å². The molecule has 14 heavy (non-hydrogen) atoms. The van der Waals surface area contributed by atoms with Crippen molar-refractivity contribution in [1.82, 2.24) is 0 Å². The van der Waals surface area contributed by atoms with Crippen LogP contribution in [0, 0.1) is 0 Å². The number of benzene rings is 1. The number of hydrogen-bond acceptors (Lipinski definition) is 2. The Hall–Kier alpha value is -0.860. The smallest absolute Gasteiger partial charge is 0.101 e. The van der Waals surface area contributed by atoms with Gasteiger partial charge >= 0.3 is 0 Å². The van der Waals surface area contributed by atoms with E-state index in [0.717, 1.165) is 26.1 Å². The molecule has 74 valence electrons. The van der Waals surface area contributed by atoms with Crippen molar-refractivity contribution in [2.45, 2.75) is 24.5 Å². The first-order valence-corrected chi connectivity index (χ1v) is 5.19. The summed E-state index contributed by atoms with van der Waals surface area (Å²) in [6.07, 6.45) is 2.43. The largest absolute Gasteiger partial charge is 0.373 e. The van der Waals surface area contributed by atoms with Crippen LogP contribution in [0.4, 0.5) is 0 Å². The van der Waals surface area contributed by atoms with Gasteiger partial charge in [0.25, 0.3) is 0 Å². The van der Waals surface area contributed by atoms with Gasteiger partial charge in [0.2, 0.25) is 0 Å². The Kier molecular flexibility index (Phi) is 1.85. The maximum Gasteiger partial charge on any atom is 0.101 e. The summed E-state index contributed by atoms with van der Waals surface area (Å²) in [6, 6.07) is 10.5. The lowest BCUT2D eigenvalue weighted by Gasteiger charge is -2.23. The molecule has 0 N–H and O–H groups in total. The number of rotatable bonds is 2. The van der Waals surface area contributed by atoms with E-state index in [9.17, 15) is 0 Å². The van der Waals surface area contributed by atoms with Gasteiger partial charge in [0.05, 0.1) is 19.3 Å². The summed E-state index contributed by atoms with van der Waals surface area (Å²) in [6.45, 7) is 1.52. The van der Waals surface area contributed by atoms with Gasteiger partial charge in [0, 0.05) is 12.8 Å². The third kappa shape index (κ3) is 1.35. The zero-order valence-corrected chi connectivity index (χ0v) is 8.11. The minimum Gasteiger partial charge on any atom is -0.373 e. The van der Waals surface area contributed by atoms with Gasteiger partial charge in [-0.2, -0.15) is 0 Å². The quantitative estimate of drug-likeness (QED) is 0.707. The maximum absolute atomic E-state index is 5.82. The first kappa shape index (κ1) is 8.45. The van der Waals surface area contributed by atoms with Crippen molar-refractivity contribution in [2.75, 3.05) is 13.2 Å². The Morgan fingerprint density at radius 1 is 1.21 bits per heavy atom. The molecule has 0 amide bonds. The standard InChI is InChI=1S/C12H14O2/c1-2-4-10(5-3-1)8-12-9-11(12)13-6-7-14-12/h1-5,11H,6-9H2. The van der Waals surface area contributed by atoms with Crippen molar-refractivity contribution >= 4 is 0 Å². The first-order chi connectivity index (χ1) is 6.89. The molecular formula is C12H14O2. The fourth-order valence-corrected chi connectivity index (χ4v) is 2.23. The molecule has 1 heterocycles. The third-order valence-electron chi connectivity index (χ3n) is 3.10. The van der Waals surface area contributed by atoms with Gasteiger partial charge in [-0.3, -0.25) is 0 Å². The van der Waals surface area contributed by atoms with E-state index < -0.39 is 0 Å². The average molecular weight is 190 g/mol. The van der Waals surface area contributed by atoms with Crippen molar-refractivity contribution in [1.29, 1.82) is 0 Å². The van der Waals surface area contributed by atoms with E-state index in [1.54, 1.807) is 0 Å². The Bertz CT molecular complexity index is 322. The molecule has 0 spiro atoms. The predicted molar refractivity (Wildman–Crippen MR) is 53.2 cm³/mol. The summed E-state index contributed by atoms with van der Waals surface area (Å²) in [4.78, 5) is 0. The molecule has 1 aromatic carbocycles. The third-order valence-corrected chi connectivity index (χ3v) is 3.10. The highest BCUT2D eigenvalue weighted by atomic mass is 16.6. The maximum atomic E-state index is 5.82. The molecule has 0 bridgehead atoms. The molecule has 1 saturated carbocycles. The van der Waals surface area contributed by atoms with Gasteiger partial charge in [-0.15, -0.1) is 0 Å². The molecule has 2 fully saturated rings. The van der Waals surface area contributed by atoms with Crippen LogP contribution >= 0.6 is 0 Å². The molecule has 2 unspecified atom stereocenters. The molecule has 3 rings (SSSR count). The topological polar surface area (TPSA) is 18.5 Å². The molecule has 0 radical (unpaired) electrons. The highest BCUT2D eigenvalue weighted by Gasteiger charge is 2.58. The lowest BCUT2D eigenvalue weighted by atomic mass is 10.1. The fraction of sp³-hybridized carbons (Fsp3) is 0.500. The number of ether oxygens (including phenoxy) is 2. The van der Waals surface area contributed by atoms with Crippen molar-refractivity contribution in [2.24, 2.45) is 0 Å². The Morgan fingerprint density at radius 3 is 2.86 bits per heavy atom. The van der Waals surface area contributed by atoms with E-state index in [4.69, 9.17) is 9.47 Å². The summed E-state index contributed by atoms with van der Waals surface area (Å²) in [7, 11) is 0. The van der Waals surface area contributed by atoms with E-state index in [1.165, 1.54) is 5.56 Å². The zero-order chi connectivity index (χ0) is 9.43. The van der Waals surface area contributed by atoms with Gasteiger partial charge in [-0.05, 0) is 5.56 Å². The van der Waals surface area contributed by atoms with Crippen LogP contribution in [-0.2, 0) is 15.9 Å². The monoisotopic (exact) mass is 190 g/mol. The minimum atomic E-state index is 0.0274. The van der Waals surface area contributed by atoms with Crippen molar-refractivity contribution in [3.8, 4) is 0 Å². The molecule has 1 saturated heterocycles. The number of fused-ring (bicyclic) bond motifs is 1. The van der Waals surface area contributed by atoms with E-state index in [0.29, 0.717) is 6.10 Å². The van der Waals surface area contributed by atoms with Crippen LogP contribution in [0.5, 0.6) is 0 Å². The van der Waals surface area contributed by atoms with Gasteiger partial charge < -0.3 is 9.47 Å². The summed E-state index contributed by atoms with van der Waals surface area (Å²) >= 11 is 0. The molecule has 1 aliphatic heterocycles. The van der Waals surface area contributed by atoms with Gasteiger partial charge in [0.15, 0.2) is 0 Å². The summed E-state index contributed by atoms with van der Waals surface area (Å²) in [5, 5.41) is 0. The lowest BCUT2D eigenvalue weighted by Crippen LogP contribution is -2.31. The molecular weight excluding hydrogens is 176 g/mol. The SMILES string of the molecule is c1ccc(CC23CC2OCCO3)cc1. The second kappa shape index (κ2) is 3.07. The second-order valence-corrected chi connectivity index (χ2v) is 4.14. The predicted octanol–water partition coefficient (Wildman–Crippen LogP) is 1.79. The van der Waals surface area contributed by atoms with Crippen LogP contribution < -0.4 is 0 Å². The summed E-state index contributed by atoms with van der Waals surface area (Å²) in [5.74, 6) is 0. The Morgan fingerprint density at radius 2 is 2.07 bits per heavy atom. The van der Waals surface area contributed by atoms with Gasteiger partial charge in [0.1, 0.15) is 5.60 Å². The lowest BCUT2D eigenvalue weighted by molar-refractivity contribution is -0.0912. The Balaban J connectivity index is 1.74. The molecule has 0 aromatic heterocycles. The van der Waals surface area contributed by atoms with Crippen LogP contribution in [0.2, 0.25) is 0 Å². The van der Waals surface area contributed by atoms with Crippen LogP contribution in [-0.4, -0.2) is 24.9 Å². The Labute approximate surface area is 83.8 Å². The van der Waals surface area contributed by atoms with Gasteiger partial charge in [-0.25, -0.2) is 0 Å².